The van der Waals surface area contributed by atoms with Crippen LogP contribution in [0.25, 0.3) is 0 Å². The van der Waals surface area contributed by atoms with Crippen LogP contribution in [-0.2, 0) is 19.5 Å². The van der Waals surface area contributed by atoms with E-state index >= 15 is 0 Å². The highest BCUT2D eigenvalue weighted by Crippen LogP contribution is 2.30. The van der Waals surface area contributed by atoms with E-state index in [0.29, 0.717) is 23.5 Å². The number of halogens is 1. The van der Waals surface area contributed by atoms with Gasteiger partial charge >= 0.3 is 12.2 Å². The van der Waals surface area contributed by atoms with Gasteiger partial charge in [-0.25, -0.2) is 18.0 Å². The summed E-state index contributed by atoms with van der Waals surface area (Å²) in [4.78, 5) is 23.2. The van der Waals surface area contributed by atoms with Crippen LogP contribution >= 0.6 is 12.4 Å². The van der Waals surface area contributed by atoms with Crippen molar-refractivity contribution in [2.24, 2.45) is 0 Å². The molecule has 4 rings (SSSR count). The molecular formula is C32H35ClN4O8S. The van der Waals surface area contributed by atoms with E-state index in [4.69, 9.17) is 0 Å². The minimum absolute atomic E-state index is 0. The van der Waals surface area contributed by atoms with Crippen LogP contribution in [0, 0.1) is 0 Å². The largest absolute Gasteiger partial charge is 0.506 e. The van der Waals surface area contributed by atoms with Gasteiger partial charge < -0.3 is 25.0 Å². The summed E-state index contributed by atoms with van der Waals surface area (Å²) in [5, 5.41) is 29.8. The molecule has 0 saturated heterocycles. The van der Waals surface area contributed by atoms with Gasteiger partial charge in [-0.3, -0.25) is 15.4 Å². The summed E-state index contributed by atoms with van der Waals surface area (Å²) >= 11 is 0. The Kier molecular flexibility index (Phi) is 12.8. The van der Waals surface area contributed by atoms with Crippen LogP contribution < -0.4 is 20.7 Å². The fourth-order valence-electron chi connectivity index (χ4n) is 4.49. The molecule has 1 atom stereocenters. The van der Waals surface area contributed by atoms with E-state index in [9.17, 15) is 28.2 Å². The van der Waals surface area contributed by atoms with Crippen LogP contribution in [0.3, 0.4) is 0 Å². The molecule has 12 nitrogen and oxygen atoms in total. The number of rotatable bonds is 12. The number of phenols is 1. The molecule has 0 unspecified atom stereocenters. The lowest BCUT2D eigenvalue weighted by atomic mass is 9.90. The molecule has 0 heterocycles. The molecule has 0 spiro atoms. The molecule has 4 aromatic rings. The molecule has 6 N–H and O–H groups in total. The second-order valence-corrected chi connectivity index (χ2v) is 11.6. The molecule has 0 radical (unpaired) electrons. The number of hydrogen-bond donors (Lipinski definition) is 6. The summed E-state index contributed by atoms with van der Waals surface area (Å²) in [6.07, 6.45) is -2.22. The smallest absolute Gasteiger partial charge is 0.411 e. The second kappa shape index (κ2) is 16.5. The van der Waals surface area contributed by atoms with Crippen molar-refractivity contribution in [3.05, 3.63) is 114 Å². The Hall–Kier alpha value is -4.82. The number of anilines is 3. The van der Waals surface area contributed by atoms with E-state index in [1.807, 2.05) is 24.3 Å². The van der Waals surface area contributed by atoms with Gasteiger partial charge in [-0.05, 0) is 65.2 Å². The lowest BCUT2D eigenvalue weighted by Gasteiger charge is -2.21. The Morgan fingerprint density at radius 3 is 1.74 bits per heavy atom. The maximum atomic E-state index is 12.8. The zero-order chi connectivity index (χ0) is 32.4. The average molecular weight is 671 g/mol. The summed E-state index contributed by atoms with van der Waals surface area (Å²) in [5.74, 6) is -0.488. The number of aliphatic hydroxyl groups excluding tert-OH is 1. The first-order valence-corrected chi connectivity index (χ1v) is 15.3. The maximum Gasteiger partial charge on any atom is 0.411 e. The first-order chi connectivity index (χ1) is 21.6. The van der Waals surface area contributed by atoms with Gasteiger partial charge in [0.2, 0.25) is 0 Å². The van der Waals surface area contributed by atoms with Crippen LogP contribution in [0.5, 0.6) is 5.75 Å². The summed E-state index contributed by atoms with van der Waals surface area (Å²) < 4.78 is 37.2. The Bertz CT molecular complexity index is 1650. The number of aliphatic hydroxyl groups is 1. The van der Waals surface area contributed by atoms with Crippen molar-refractivity contribution in [1.82, 2.24) is 5.32 Å². The number of methoxy groups -OCH3 is 2. The molecule has 0 aliphatic rings. The van der Waals surface area contributed by atoms with Gasteiger partial charge in [0.1, 0.15) is 5.75 Å². The van der Waals surface area contributed by atoms with E-state index in [0.717, 1.165) is 11.1 Å². The molecule has 0 aliphatic carbocycles. The van der Waals surface area contributed by atoms with Crippen LogP contribution in [-0.4, -0.2) is 58.1 Å². The minimum Gasteiger partial charge on any atom is -0.506 e. The molecule has 46 heavy (non-hydrogen) atoms. The van der Waals surface area contributed by atoms with Crippen LogP contribution in [0.2, 0.25) is 0 Å². The van der Waals surface area contributed by atoms with Gasteiger partial charge in [0.25, 0.3) is 10.0 Å². The Morgan fingerprint density at radius 1 is 0.739 bits per heavy atom. The predicted molar refractivity (Wildman–Crippen MR) is 177 cm³/mol. The highest BCUT2D eigenvalue weighted by Gasteiger charge is 2.19. The van der Waals surface area contributed by atoms with E-state index in [-0.39, 0.29) is 41.2 Å². The minimum atomic E-state index is -3.96. The summed E-state index contributed by atoms with van der Waals surface area (Å²) in [6.45, 7) is 0.492. The lowest BCUT2D eigenvalue weighted by Crippen LogP contribution is -2.27. The molecule has 14 heteroatoms. The van der Waals surface area contributed by atoms with Crippen LogP contribution in [0.1, 0.15) is 28.7 Å². The molecule has 0 fully saturated rings. The normalized spacial score (nSPS) is 11.6. The SMILES string of the molecule is COC(=O)Nc1ccc(C(CNC[C@H](O)c2ccc(O)c(NS(=O)(=O)c3ccccc3)c2)c2ccc(NC(=O)OC)cc2)cc1.Cl. The number of nitrogens with one attached hydrogen (secondary N) is 4. The first-order valence-electron chi connectivity index (χ1n) is 13.8. The summed E-state index contributed by atoms with van der Waals surface area (Å²) in [5.41, 5.74) is 3.24. The predicted octanol–water partition coefficient (Wildman–Crippen LogP) is 5.43. The molecule has 0 aromatic heterocycles. The first kappa shape index (κ1) is 35.7. The second-order valence-electron chi connectivity index (χ2n) is 9.90. The van der Waals surface area contributed by atoms with Gasteiger partial charge in [-0.2, -0.15) is 0 Å². The summed E-state index contributed by atoms with van der Waals surface area (Å²) in [7, 11) is -1.40. The Labute approximate surface area is 273 Å². The molecule has 2 amide bonds. The number of benzene rings is 4. The van der Waals surface area contributed by atoms with E-state index in [1.165, 1.54) is 44.6 Å². The standard InChI is InChI=1S/C32H34N4O8S.ClH/c1-43-31(39)34-24-13-8-21(9-14-24)27(22-10-15-25(16-11-22)35-32(40)44-2)19-33-20-30(38)23-12-17-29(37)28(18-23)36-45(41,42)26-6-4-3-5-7-26;/h3-18,27,30,33,36-38H,19-20H2,1-2H3,(H,34,39)(H,35,40);1H/t30-;/m0./s1. The molecule has 0 bridgehead atoms. The Morgan fingerprint density at radius 2 is 1.24 bits per heavy atom. The van der Waals surface area contributed by atoms with Crippen molar-refractivity contribution in [1.29, 1.82) is 0 Å². The molecule has 4 aromatic carbocycles. The number of ether oxygens (including phenoxy) is 2. The van der Waals surface area contributed by atoms with Crippen molar-refractivity contribution in [3.8, 4) is 5.75 Å². The number of amides is 2. The molecule has 0 saturated carbocycles. The van der Waals surface area contributed by atoms with Crippen molar-refractivity contribution in [2.75, 3.05) is 42.7 Å². The summed E-state index contributed by atoms with van der Waals surface area (Å²) in [6, 6.07) is 26.4. The fourth-order valence-corrected chi connectivity index (χ4v) is 5.58. The van der Waals surface area contributed by atoms with Gasteiger partial charge in [0.05, 0.1) is 30.9 Å². The third-order valence-electron chi connectivity index (χ3n) is 6.88. The number of aromatic hydroxyl groups is 1. The topological polar surface area (TPSA) is 175 Å². The third-order valence-corrected chi connectivity index (χ3v) is 8.26. The zero-order valence-electron chi connectivity index (χ0n) is 25.0. The number of hydrogen-bond acceptors (Lipinski definition) is 9. The molecular weight excluding hydrogens is 636 g/mol. The monoisotopic (exact) mass is 670 g/mol. The Balaban J connectivity index is 0.00000576. The molecule has 0 aliphatic heterocycles. The van der Waals surface area contributed by atoms with Crippen LogP contribution in [0.4, 0.5) is 26.7 Å². The van der Waals surface area contributed by atoms with Crippen molar-refractivity contribution >= 4 is 51.7 Å². The molecule has 244 valence electrons. The highest BCUT2D eigenvalue weighted by atomic mass is 35.5. The van der Waals surface area contributed by atoms with Gasteiger partial charge in [0, 0.05) is 30.4 Å². The van der Waals surface area contributed by atoms with E-state index in [2.05, 4.69) is 30.1 Å². The van der Waals surface area contributed by atoms with Crippen molar-refractivity contribution in [2.45, 2.75) is 16.9 Å². The van der Waals surface area contributed by atoms with Crippen molar-refractivity contribution in [3.63, 3.8) is 0 Å². The van der Waals surface area contributed by atoms with Gasteiger partial charge in [-0.1, -0.05) is 48.5 Å². The van der Waals surface area contributed by atoms with Crippen LogP contribution in [0.15, 0.2) is 102 Å². The third kappa shape index (κ3) is 9.59. The maximum absolute atomic E-state index is 12.8. The lowest BCUT2D eigenvalue weighted by molar-refractivity contribution is 0.174. The number of phenolic OH excluding ortho intramolecular Hbond substituents is 1. The van der Waals surface area contributed by atoms with Gasteiger partial charge in [-0.15, -0.1) is 12.4 Å². The van der Waals surface area contributed by atoms with E-state index in [1.54, 1.807) is 42.5 Å². The highest BCUT2D eigenvalue weighted by molar-refractivity contribution is 7.92. The van der Waals surface area contributed by atoms with E-state index < -0.39 is 28.3 Å². The van der Waals surface area contributed by atoms with Gasteiger partial charge in [0.15, 0.2) is 0 Å². The van der Waals surface area contributed by atoms with Crippen molar-refractivity contribution < 1.29 is 37.7 Å². The number of carbonyl (C=O) groups is 2. The number of sulfonamides is 1. The fraction of sp³-hybridized carbons (Fsp3) is 0.188. The zero-order valence-corrected chi connectivity index (χ0v) is 26.6. The quantitative estimate of drug-likeness (QED) is 0.107. The number of carbonyl (C=O) groups excluding carboxylic acids is 2. The average Bonchev–Trinajstić information content (AvgIpc) is 3.05.